The van der Waals surface area contributed by atoms with Crippen LogP contribution in [0.3, 0.4) is 0 Å². The maximum Gasteiger partial charge on any atom is 0.0475 e. The van der Waals surface area contributed by atoms with Gasteiger partial charge in [0.15, 0.2) is 0 Å². The number of hydrogen-bond donors (Lipinski definition) is 1. The molecular formula is C18H25Cl2N. The summed E-state index contributed by atoms with van der Waals surface area (Å²) in [5, 5.41) is 0. The third-order valence-corrected chi connectivity index (χ3v) is 6.19. The fourth-order valence-corrected chi connectivity index (χ4v) is 5.73. The van der Waals surface area contributed by atoms with Crippen molar-refractivity contribution in [1.82, 2.24) is 4.84 Å². The molecule has 2 aliphatic rings. The van der Waals surface area contributed by atoms with Crippen LogP contribution in [0.4, 0.5) is 0 Å². The third kappa shape index (κ3) is 3.57. The van der Waals surface area contributed by atoms with Crippen molar-refractivity contribution in [2.45, 2.75) is 62.8 Å². The second-order valence-corrected chi connectivity index (χ2v) is 8.60. The van der Waals surface area contributed by atoms with Gasteiger partial charge in [-0.1, -0.05) is 50.1 Å². The number of benzene rings is 1. The molecule has 116 valence electrons. The van der Waals surface area contributed by atoms with Crippen molar-refractivity contribution in [3.8, 4) is 0 Å². The highest BCUT2D eigenvalue weighted by Gasteiger charge is 2.47. The van der Waals surface area contributed by atoms with Gasteiger partial charge in [-0.15, -0.1) is 11.6 Å². The molecule has 0 amide bonds. The van der Waals surface area contributed by atoms with Gasteiger partial charge in [-0.2, -0.15) is 0 Å². The average Bonchev–Trinajstić information content (AvgIpc) is 2.44. The zero-order chi connectivity index (χ0) is 14.9. The number of alkyl halides is 1. The predicted octanol–water partition coefficient (Wildman–Crippen LogP) is 5.83. The average molecular weight is 326 g/mol. The van der Waals surface area contributed by atoms with E-state index in [4.69, 9.17) is 23.4 Å². The van der Waals surface area contributed by atoms with Crippen molar-refractivity contribution in [2.24, 2.45) is 11.3 Å². The van der Waals surface area contributed by atoms with E-state index in [1.807, 2.05) is 0 Å². The van der Waals surface area contributed by atoms with Gasteiger partial charge in [-0.3, -0.25) is 0 Å². The Morgan fingerprint density at radius 3 is 2.71 bits per heavy atom. The van der Waals surface area contributed by atoms with Crippen molar-refractivity contribution in [3.63, 3.8) is 0 Å². The van der Waals surface area contributed by atoms with Crippen molar-refractivity contribution < 1.29 is 0 Å². The van der Waals surface area contributed by atoms with Crippen LogP contribution in [0.25, 0.3) is 0 Å². The molecule has 0 aromatic heterocycles. The van der Waals surface area contributed by atoms with Gasteiger partial charge in [0, 0.05) is 10.9 Å². The zero-order valence-electron chi connectivity index (χ0n) is 12.7. The summed E-state index contributed by atoms with van der Waals surface area (Å²) in [6.07, 6.45) is 8.54. The van der Waals surface area contributed by atoms with Gasteiger partial charge in [0.2, 0.25) is 0 Å². The topological polar surface area (TPSA) is 12.0 Å². The van der Waals surface area contributed by atoms with E-state index in [1.165, 1.54) is 37.7 Å². The van der Waals surface area contributed by atoms with E-state index in [0.717, 1.165) is 18.8 Å². The van der Waals surface area contributed by atoms with Gasteiger partial charge in [0.1, 0.15) is 0 Å². The van der Waals surface area contributed by atoms with Crippen molar-refractivity contribution in [2.75, 3.05) is 0 Å². The van der Waals surface area contributed by atoms with Crippen LogP contribution in [0.1, 0.15) is 63.5 Å². The van der Waals surface area contributed by atoms with Crippen LogP contribution in [0.15, 0.2) is 30.3 Å². The molecule has 0 radical (unpaired) electrons. The minimum absolute atomic E-state index is 0.0451. The molecule has 1 nitrogen and oxygen atoms in total. The van der Waals surface area contributed by atoms with Crippen LogP contribution in [0.5, 0.6) is 0 Å². The largest absolute Gasteiger partial charge is 0.226 e. The molecule has 1 N–H and O–H groups in total. The molecule has 3 heteroatoms. The summed E-state index contributed by atoms with van der Waals surface area (Å²) >= 11 is 13.0. The highest BCUT2D eigenvalue weighted by atomic mass is 35.5. The van der Waals surface area contributed by atoms with E-state index in [1.54, 1.807) is 0 Å². The molecule has 4 atom stereocenters. The Kier molecular flexibility index (Phi) is 4.55. The highest BCUT2D eigenvalue weighted by molar-refractivity contribution is 6.24. The normalized spacial score (nSPS) is 37.2. The minimum Gasteiger partial charge on any atom is -0.226 e. The molecule has 0 saturated heterocycles. The Hall–Kier alpha value is -0.240. The number of rotatable bonds is 4. The summed E-state index contributed by atoms with van der Waals surface area (Å²) in [7, 11) is 0. The van der Waals surface area contributed by atoms with Crippen LogP contribution in [-0.4, -0.2) is 4.87 Å². The second kappa shape index (κ2) is 6.10. The van der Waals surface area contributed by atoms with Crippen LogP contribution in [0.2, 0.25) is 0 Å². The van der Waals surface area contributed by atoms with E-state index >= 15 is 0 Å². The first-order valence-electron chi connectivity index (χ1n) is 8.12. The maximum atomic E-state index is 6.91. The lowest BCUT2D eigenvalue weighted by molar-refractivity contribution is 0.0696. The molecule has 1 aromatic carbocycles. The van der Waals surface area contributed by atoms with Crippen LogP contribution in [0, 0.1) is 11.3 Å². The molecule has 2 saturated carbocycles. The summed E-state index contributed by atoms with van der Waals surface area (Å²) in [6.45, 7) is 2.41. The maximum absolute atomic E-state index is 6.91. The minimum atomic E-state index is 0.0451. The van der Waals surface area contributed by atoms with Crippen LogP contribution in [-0.2, 0) is 0 Å². The fourth-order valence-electron chi connectivity index (χ4n) is 4.85. The van der Waals surface area contributed by atoms with Crippen molar-refractivity contribution in [1.29, 1.82) is 0 Å². The summed E-state index contributed by atoms with van der Waals surface area (Å²) in [6, 6.07) is 10.7. The van der Waals surface area contributed by atoms with E-state index in [2.05, 4.69) is 42.1 Å². The third-order valence-electron chi connectivity index (χ3n) is 5.45. The summed E-state index contributed by atoms with van der Waals surface area (Å²) in [5.74, 6) is 0.807. The zero-order valence-corrected chi connectivity index (χ0v) is 14.3. The SMILES string of the molecule is C[C@@]1(C[C@@H](NCl)c2ccccc2)CC2CCC[C@@](Cl)(C2)C1. The molecule has 0 spiro atoms. The lowest BCUT2D eigenvalue weighted by Gasteiger charge is -2.51. The lowest BCUT2D eigenvalue weighted by Crippen LogP contribution is -2.44. The molecule has 0 heterocycles. The monoisotopic (exact) mass is 325 g/mol. The second-order valence-electron chi connectivity index (χ2n) is 7.58. The van der Waals surface area contributed by atoms with Gasteiger partial charge < -0.3 is 0 Å². The Balaban J connectivity index is 1.76. The van der Waals surface area contributed by atoms with E-state index < -0.39 is 0 Å². The highest BCUT2D eigenvalue weighted by Crippen LogP contribution is 2.56. The Bertz CT molecular complexity index is 477. The first-order valence-corrected chi connectivity index (χ1v) is 8.88. The molecule has 1 unspecified atom stereocenters. The van der Waals surface area contributed by atoms with Gasteiger partial charge in [0.05, 0.1) is 0 Å². The van der Waals surface area contributed by atoms with Crippen molar-refractivity contribution >= 4 is 23.4 Å². The molecule has 2 aliphatic carbocycles. The molecule has 21 heavy (non-hydrogen) atoms. The first kappa shape index (κ1) is 15.6. The van der Waals surface area contributed by atoms with Gasteiger partial charge >= 0.3 is 0 Å². The number of halogens is 2. The smallest absolute Gasteiger partial charge is 0.0475 e. The molecular weight excluding hydrogens is 301 g/mol. The molecule has 3 rings (SSSR count). The van der Waals surface area contributed by atoms with E-state index in [0.29, 0.717) is 0 Å². The van der Waals surface area contributed by atoms with Crippen LogP contribution < -0.4 is 4.84 Å². The number of fused-ring (bicyclic) bond motifs is 2. The van der Waals surface area contributed by atoms with Crippen LogP contribution >= 0.6 is 23.4 Å². The quantitative estimate of drug-likeness (QED) is 0.542. The molecule has 1 aromatic rings. The Labute approximate surface area is 138 Å². The van der Waals surface area contributed by atoms with Gasteiger partial charge in [-0.05, 0) is 60.8 Å². The predicted molar refractivity (Wildman–Crippen MR) is 90.7 cm³/mol. The lowest BCUT2D eigenvalue weighted by atomic mass is 9.59. The summed E-state index contributed by atoms with van der Waals surface area (Å²) in [4.78, 5) is 3.04. The van der Waals surface area contributed by atoms with Crippen molar-refractivity contribution in [3.05, 3.63) is 35.9 Å². The van der Waals surface area contributed by atoms with E-state index in [9.17, 15) is 0 Å². The Morgan fingerprint density at radius 1 is 1.29 bits per heavy atom. The molecule has 2 bridgehead atoms. The number of nitrogens with one attached hydrogen (secondary N) is 1. The summed E-state index contributed by atoms with van der Waals surface area (Å²) < 4.78 is 0. The van der Waals surface area contributed by atoms with Gasteiger partial charge in [-0.25, -0.2) is 4.84 Å². The van der Waals surface area contributed by atoms with E-state index in [-0.39, 0.29) is 16.3 Å². The molecule has 2 fully saturated rings. The first-order chi connectivity index (χ1) is 10.0. The standard InChI is InChI=1S/C18H25Cl2N/c1-17(10-14-6-5-9-18(19,11-14)13-17)12-16(21-20)15-7-3-2-4-8-15/h2-4,7-8,14,16,21H,5-6,9-13H2,1H3/t14?,16-,17+,18-/m1/s1. The number of hydrogen-bond acceptors (Lipinski definition) is 1. The van der Waals surface area contributed by atoms with Gasteiger partial charge in [0.25, 0.3) is 0 Å². The summed E-state index contributed by atoms with van der Waals surface area (Å²) in [5.41, 5.74) is 1.56. The Morgan fingerprint density at radius 2 is 2.05 bits per heavy atom. The molecule has 0 aliphatic heterocycles. The fraction of sp³-hybridized carbons (Fsp3) is 0.667.